The molecule has 0 aromatic heterocycles. The van der Waals surface area contributed by atoms with Gasteiger partial charge in [-0.25, -0.2) is 0 Å². The second-order valence-electron chi connectivity index (χ2n) is 4.05. The number of rotatable bonds is 5. The van der Waals surface area contributed by atoms with Crippen LogP contribution in [0.25, 0.3) is 0 Å². The lowest BCUT2D eigenvalue weighted by Gasteiger charge is -2.30. The van der Waals surface area contributed by atoms with Crippen LogP contribution in [0.2, 0.25) is 0 Å². The van der Waals surface area contributed by atoms with E-state index < -0.39 is 12.7 Å². The molecule has 0 spiro atoms. The van der Waals surface area contributed by atoms with E-state index in [9.17, 15) is 13.2 Å². The largest absolute Gasteiger partial charge is 0.401 e. The molecule has 3 nitrogen and oxygen atoms in total. The fourth-order valence-electron chi connectivity index (χ4n) is 1.83. The number of nitrogens with one attached hydrogen (secondary N) is 1. The molecule has 1 saturated heterocycles. The topological polar surface area (TPSA) is 24.5 Å². The van der Waals surface area contributed by atoms with Gasteiger partial charge in [-0.3, -0.25) is 4.90 Å². The maximum absolute atomic E-state index is 12.3. The Morgan fingerprint density at radius 3 is 2.69 bits per heavy atom. The smallest absolute Gasteiger partial charge is 0.374 e. The lowest BCUT2D eigenvalue weighted by atomic mass is 10.2. The van der Waals surface area contributed by atoms with E-state index in [4.69, 9.17) is 4.74 Å². The number of morpholine rings is 1. The van der Waals surface area contributed by atoms with Gasteiger partial charge in [0, 0.05) is 19.6 Å². The van der Waals surface area contributed by atoms with Crippen molar-refractivity contribution in [3.8, 4) is 0 Å². The molecule has 6 heteroatoms. The number of nitrogens with zero attached hydrogens (tertiary/aromatic N) is 1. The van der Waals surface area contributed by atoms with E-state index in [2.05, 4.69) is 5.32 Å². The van der Waals surface area contributed by atoms with Gasteiger partial charge in [-0.15, -0.1) is 0 Å². The van der Waals surface area contributed by atoms with E-state index in [0.717, 1.165) is 13.0 Å². The molecule has 96 valence electrons. The molecule has 0 aromatic carbocycles. The molecule has 1 N–H and O–H groups in total. The minimum absolute atomic E-state index is 0.123. The molecule has 0 amide bonds. The summed E-state index contributed by atoms with van der Waals surface area (Å²) in [5.74, 6) is 0. The highest BCUT2D eigenvalue weighted by Crippen LogP contribution is 2.17. The second kappa shape index (κ2) is 6.42. The molecular formula is C10H19F3N2O. The van der Waals surface area contributed by atoms with E-state index in [1.807, 2.05) is 6.92 Å². The van der Waals surface area contributed by atoms with Crippen molar-refractivity contribution in [2.75, 3.05) is 39.3 Å². The van der Waals surface area contributed by atoms with Gasteiger partial charge in [0.05, 0.1) is 19.3 Å². The van der Waals surface area contributed by atoms with Gasteiger partial charge in [-0.2, -0.15) is 13.2 Å². The van der Waals surface area contributed by atoms with Gasteiger partial charge in [0.1, 0.15) is 0 Å². The first-order valence-electron chi connectivity index (χ1n) is 5.62. The lowest BCUT2D eigenvalue weighted by molar-refractivity contribution is -0.150. The van der Waals surface area contributed by atoms with Gasteiger partial charge in [0.25, 0.3) is 0 Å². The Hall–Kier alpha value is -0.330. The Morgan fingerprint density at radius 2 is 2.19 bits per heavy atom. The van der Waals surface area contributed by atoms with Crippen LogP contribution in [0, 0.1) is 0 Å². The van der Waals surface area contributed by atoms with E-state index in [1.165, 1.54) is 4.90 Å². The third-order valence-electron chi connectivity index (χ3n) is 2.41. The minimum Gasteiger partial charge on any atom is -0.374 e. The van der Waals surface area contributed by atoms with E-state index in [0.29, 0.717) is 26.2 Å². The molecular weight excluding hydrogens is 221 g/mol. The summed E-state index contributed by atoms with van der Waals surface area (Å²) in [6.07, 6.45) is -3.53. The highest BCUT2D eigenvalue weighted by atomic mass is 19.4. The van der Waals surface area contributed by atoms with Gasteiger partial charge in [0.15, 0.2) is 0 Å². The highest BCUT2D eigenvalue weighted by Gasteiger charge is 2.31. The summed E-state index contributed by atoms with van der Waals surface area (Å²) < 4.78 is 42.3. The van der Waals surface area contributed by atoms with Crippen LogP contribution < -0.4 is 5.32 Å². The summed E-state index contributed by atoms with van der Waals surface area (Å²) in [4.78, 5) is 1.41. The van der Waals surface area contributed by atoms with Crippen LogP contribution in [0.1, 0.15) is 13.3 Å². The maximum atomic E-state index is 12.3. The Balaban J connectivity index is 2.36. The van der Waals surface area contributed by atoms with Crippen LogP contribution >= 0.6 is 0 Å². The molecule has 1 atom stereocenters. The first kappa shape index (κ1) is 13.7. The van der Waals surface area contributed by atoms with Crippen molar-refractivity contribution in [2.45, 2.75) is 25.6 Å². The quantitative estimate of drug-likeness (QED) is 0.782. The fraction of sp³-hybridized carbons (Fsp3) is 1.00. The average Bonchev–Trinajstić information content (AvgIpc) is 2.17. The number of halogens is 3. The standard InChI is InChI=1S/C10H19F3N2O/c1-2-4-15(8-10(11,12)13)7-9-6-14-3-5-16-9/h9,14H,2-8H2,1H3. The summed E-state index contributed by atoms with van der Waals surface area (Å²) >= 11 is 0. The van der Waals surface area contributed by atoms with Crippen molar-refractivity contribution in [3.05, 3.63) is 0 Å². The van der Waals surface area contributed by atoms with Crippen LogP contribution in [0.4, 0.5) is 13.2 Å². The van der Waals surface area contributed by atoms with Crippen molar-refractivity contribution in [2.24, 2.45) is 0 Å². The average molecular weight is 240 g/mol. The predicted octanol–water partition coefficient (Wildman–Crippen LogP) is 1.25. The Labute approximate surface area is 93.9 Å². The van der Waals surface area contributed by atoms with Crippen LogP contribution in [-0.2, 0) is 4.74 Å². The minimum atomic E-state index is -4.13. The summed E-state index contributed by atoms with van der Waals surface area (Å²) in [5, 5.41) is 3.11. The number of ether oxygens (including phenoxy) is 1. The molecule has 16 heavy (non-hydrogen) atoms. The second-order valence-corrected chi connectivity index (χ2v) is 4.05. The van der Waals surface area contributed by atoms with Crippen molar-refractivity contribution in [1.29, 1.82) is 0 Å². The molecule has 0 bridgehead atoms. The van der Waals surface area contributed by atoms with E-state index in [-0.39, 0.29) is 6.10 Å². The van der Waals surface area contributed by atoms with Gasteiger partial charge in [-0.1, -0.05) is 6.92 Å². The van der Waals surface area contributed by atoms with E-state index in [1.54, 1.807) is 0 Å². The SMILES string of the molecule is CCCN(CC1CNCCO1)CC(F)(F)F. The zero-order chi connectivity index (χ0) is 12.0. The molecule has 1 aliphatic rings. The fourth-order valence-corrected chi connectivity index (χ4v) is 1.83. The zero-order valence-electron chi connectivity index (χ0n) is 9.52. The predicted molar refractivity (Wildman–Crippen MR) is 55.4 cm³/mol. The molecule has 1 rings (SSSR count). The summed E-state index contributed by atoms with van der Waals surface area (Å²) in [6, 6.07) is 0. The Kier molecular flexibility index (Phi) is 5.51. The molecule has 0 aromatic rings. The third-order valence-corrected chi connectivity index (χ3v) is 2.41. The molecule has 1 aliphatic heterocycles. The molecule has 0 aliphatic carbocycles. The van der Waals surface area contributed by atoms with Crippen LogP contribution in [0.3, 0.4) is 0 Å². The van der Waals surface area contributed by atoms with Crippen molar-refractivity contribution in [3.63, 3.8) is 0 Å². The number of hydrogen-bond donors (Lipinski definition) is 1. The van der Waals surface area contributed by atoms with Crippen LogP contribution in [-0.4, -0.2) is 56.5 Å². The summed E-state index contributed by atoms with van der Waals surface area (Å²) in [6.45, 7) is 3.84. The summed E-state index contributed by atoms with van der Waals surface area (Å²) in [7, 11) is 0. The zero-order valence-corrected chi connectivity index (χ0v) is 9.52. The number of alkyl halides is 3. The van der Waals surface area contributed by atoms with Crippen molar-refractivity contribution in [1.82, 2.24) is 10.2 Å². The van der Waals surface area contributed by atoms with Crippen LogP contribution in [0.5, 0.6) is 0 Å². The van der Waals surface area contributed by atoms with E-state index >= 15 is 0 Å². The Bertz CT molecular complexity index is 193. The van der Waals surface area contributed by atoms with Gasteiger partial charge in [0.2, 0.25) is 0 Å². The first-order chi connectivity index (χ1) is 7.51. The monoisotopic (exact) mass is 240 g/mol. The van der Waals surface area contributed by atoms with Crippen LogP contribution in [0.15, 0.2) is 0 Å². The summed E-state index contributed by atoms with van der Waals surface area (Å²) in [5.41, 5.74) is 0. The normalized spacial score (nSPS) is 22.7. The first-order valence-corrected chi connectivity index (χ1v) is 5.62. The molecule has 1 fully saturated rings. The number of hydrogen-bond acceptors (Lipinski definition) is 3. The molecule has 1 unspecified atom stereocenters. The van der Waals surface area contributed by atoms with Gasteiger partial charge < -0.3 is 10.1 Å². The lowest BCUT2D eigenvalue weighted by Crippen LogP contribution is -2.47. The van der Waals surface area contributed by atoms with Gasteiger partial charge in [-0.05, 0) is 13.0 Å². The van der Waals surface area contributed by atoms with Crippen molar-refractivity contribution < 1.29 is 17.9 Å². The van der Waals surface area contributed by atoms with Crippen molar-refractivity contribution >= 4 is 0 Å². The maximum Gasteiger partial charge on any atom is 0.401 e. The third kappa shape index (κ3) is 5.67. The molecule has 0 saturated carbocycles. The van der Waals surface area contributed by atoms with Gasteiger partial charge >= 0.3 is 6.18 Å². The molecule has 1 heterocycles. The highest BCUT2D eigenvalue weighted by molar-refractivity contribution is 4.73. The molecule has 0 radical (unpaired) electrons. The Morgan fingerprint density at radius 1 is 1.44 bits per heavy atom.